The van der Waals surface area contributed by atoms with Gasteiger partial charge in [-0.2, -0.15) is 19.9 Å². The summed E-state index contributed by atoms with van der Waals surface area (Å²) in [5.41, 5.74) is 10.0. The van der Waals surface area contributed by atoms with Gasteiger partial charge in [0.1, 0.15) is 16.7 Å². The van der Waals surface area contributed by atoms with E-state index in [1.165, 1.54) is 0 Å². The van der Waals surface area contributed by atoms with Crippen molar-refractivity contribution in [1.29, 1.82) is 0 Å². The van der Waals surface area contributed by atoms with Gasteiger partial charge in [-0.3, -0.25) is 9.59 Å². The zero-order chi connectivity index (χ0) is 43.1. The highest BCUT2D eigenvalue weighted by Crippen LogP contribution is 2.33. The third kappa shape index (κ3) is 11.2. The number of aryl methyl sites for hydroxylation is 2. The molecular weight excluding hydrogens is 781 g/mol. The highest BCUT2D eigenvalue weighted by Gasteiger charge is 2.32. The third-order valence-corrected chi connectivity index (χ3v) is 10.6. The Balaban J connectivity index is 0.000000189. The normalized spacial score (nSPS) is 20.6. The van der Waals surface area contributed by atoms with Gasteiger partial charge in [0, 0.05) is 29.5 Å². The maximum atomic E-state index is 12.6. The molecule has 2 fully saturated rings. The van der Waals surface area contributed by atoms with Crippen LogP contribution < -0.4 is 52.4 Å². The topological polar surface area (TPSA) is 241 Å². The van der Waals surface area contributed by atoms with Crippen molar-refractivity contribution in [3.63, 3.8) is 0 Å². The summed E-state index contributed by atoms with van der Waals surface area (Å²) in [5, 5.41) is 21.5. The Morgan fingerprint density at radius 3 is 1.67 bits per heavy atom. The number of rotatable bonds is 9. The van der Waals surface area contributed by atoms with Crippen molar-refractivity contribution in [3.05, 3.63) is 70.8 Å². The maximum Gasteiger partial charge on any atom is 0.407 e. The molecule has 0 bridgehead atoms. The van der Waals surface area contributed by atoms with Crippen LogP contribution in [0.1, 0.15) is 104 Å². The zero-order valence-corrected chi connectivity index (χ0v) is 35.3. The number of anilines is 6. The summed E-state index contributed by atoms with van der Waals surface area (Å²) in [7, 11) is 0. The number of fused-ring (bicyclic) bond motifs is 2. The summed E-state index contributed by atoms with van der Waals surface area (Å²) in [4.78, 5) is 55.3. The Hall–Kier alpha value is -6.43. The van der Waals surface area contributed by atoms with Gasteiger partial charge in [0.25, 0.3) is 11.8 Å². The average molecular weight is 837 g/mol. The van der Waals surface area contributed by atoms with Crippen molar-refractivity contribution in [3.8, 4) is 11.8 Å². The van der Waals surface area contributed by atoms with E-state index in [0.717, 1.165) is 73.9 Å². The van der Waals surface area contributed by atoms with E-state index < -0.39 is 11.7 Å². The molecule has 4 heterocycles. The fourth-order valence-electron chi connectivity index (χ4n) is 7.65. The average Bonchev–Trinajstić information content (AvgIpc) is 3.19. The molecule has 0 spiro atoms. The summed E-state index contributed by atoms with van der Waals surface area (Å²) in [5.74, 6) is 1.43. The van der Waals surface area contributed by atoms with Gasteiger partial charge in [0.05, 0.1) is 6.04 Å². The number of alkyl carbamates (subject to hydrolysis) is 1. The molecular formula is C43H56N12O6. The standard InChI is InChI=1S/C24H32N6O4.C19H24N6O2/c1-14-8-7-9-15(12-14)26-19-18-20(31)25-13-33-21(18)30-22(29-19)27-16-10-5-6-11-17(16)28-23(32)34-24(2,3)4;1-11-5-4-6-12(9-11)22-16-15-17(26)21-10-27-18(15)25-19(24-16)23-14-8-3-2-7-13(14)20/h7-9,12,16-17H,5-6,10-11,13H2,1-4H3,(H,25,31)(H,28,32)(H2,26,27,29,30);4-6,9,13-14H,2-3,7-8,10,20H2,1H3,(H,21,26)(H2,22,23,24,25)/t16-,17+;13-,14+/m10/s1. The van der Waals surface area contributed by atoms with Gasteiger partial charge in [-0.1, -0.05) is 49.9 Å². The largest absolute Gasteiger partial charge is 0.456 e. The van der Waals surface area contributed by atoms with Gasteiger partial charge < -0.3 is 57.2 Å². The molecule has 4 aliphatic rings. The first-order chi connectivity index (χ1) is 29.3. The number of carbonyl (C=O) groups is 3. The minimum Gasteiger partial charge on any atom is -0.456 e. The molecule has 9 N–H and O–H groups in total. The Morgan fingerprint density at radius 2 is 1.18 bits per heavy atom. The molecule has 3 amide bonds. The number of amides is 3. The lowest BCUT2D eigenvalue weighted by molar-refractivity contribution is 0.0488. The molecule has 4 aromatic rings. The molecule has 61 heavy (non-hydrogen) atoms. The quantitative estimate of drug-likeness (QED) is 0.0944. The van der Waals surface area contributed by atoms with Crippen LogP contribution in [-0.2, 0) is 4.74 Å². The van der Waals surface area contributed by atoms with E-state index >= 15 is 0 Å². The van der Waals surface area contributed by atoms with E-state index in [4.69, 9.17) is 19.9 Å². The van der Waals surface area contributed by atoms with E-state index in [1.807, 2.05) is 83.1 Å². The van der Waals surface area contributed by atoms with Crippen molar-refractivity contribution in [2.24, 2.45) is 5.73 Å². The molecule has 18 nitrogen and oxygen atoms in total. The predicted octanol–water partition coefficient (Wildman–Crippen LogP) is 6.15. The second-order valence-corrected chi connectivity index (χ2v) is 16.7. The summed E-state index contributed by atoms with van der Waals surface area (Å²) in [6.45, 7) is 9.64. The number of hydrogen-bond donors (Lipinski definition) is 8. The van der Waals surface area contributed by atoms with Crippen molar-refractivity contribution < 1.29 is 28.6 Å². The number of nitrogens with one attached hydrogen (secondary N) is 7. The Morgan fingerprint density at radius 1 is 0.705 bits per heavy atom. The molecule has 8 rings (SSSR count). The van der Waals surface area contributed by atoms with Crippen molar-refractivity contribution in [1.82, 2.24) is 35.9 Å². The Kier molecular flexibility index (Phi) is 13.2. The van der Waals surface area contributed by atoms with E-state index in [9.17, 15) is 14.4 Å². The molecule has 2 aromatic carbocycles. The van der Waals surface area contributed by atoms with Gasteiger partial charge in [-0.05, 0) is 95.7 Å². The first-order valence-corrected chi connectivity index (χ1v) is 20.9. The highest BCUT2D eigenvalue weighted by atomic mass is 16.6. The summed E-state index contributed by atoms with van der Waals surface area (Å²) < 4.78 is 16.6. The highest BCUT2D eigenvalue weighted by molar-refractivity contribution is 6.03. The SMILES string of the molecule is Cc1cccc(Nc2nc(N[C@@H]3CCCC[C@@H]3N)nc3c2C(=O)NCO3)c1.Cc1cccc(Nc2nc(N[C@@H]3CCCC[C@@H]3NC(=O)OC(C)(C)C)nc3c2C(=O)NCO3)c1. The van der Waals surface area contributed by atoms with Gasteiger partial charge in [0.15, 0.2) is 25.1 Å². The van der Waals surface area contributed by atoms with Crippen LogP contribution in [0.25, 0.3) is 0 Å². The molecule has 4 atom stereocenters. The fraction of sp³-hybridized carbons (Fsp3) is 0.465. The number of carbonyl (C=O) groups excluding carboxylic acids is 3. The van der Waals surface area contributed by atoms with Gasteiger partial charge in [-0.15, -0.1) is 0 Å². The van der Waals surface area contributed by atoms with Gasteiger partial charge in [0.2, 0.25) is 23.7 Å². The molecule has 0 unspecified atom stereocenters. The molecule has 18 heteroatoms. The van der Waals surface area contributed by atoms with Crippen LogP contribution in [0.4, 0.5) is 39.7 Å². The minimum absolute atomic E-state index is 0.0401. The second kappa shape index (κ2) is 18.9. The summed E-state index contributed by atoms with van der Waals surface area (Å²) >= 11 is 0. The van der Waals surface area contributed by atoms with Gasteiger partial charge >= 0.3 is 6.09 Å². The van der Waals surface area contributed by atoms with Gasteiger partial charge in [-0.25, -0.2) is 4.79 Å². The second-order valence-electron chi connectivity index (χ2n) is 16.7. The Labute approximate surface area is 355 Å². The van der Waals surface area contributed by atoms with Crippen molar-refractivity contribution >= 4 is 52.8 Å². The lowest BCUT2D eigenvalue weighted by Crippen LogP contribution is -2.50. The maximum absolute atomic E-state index is 12.6. The molecule has 2 aliphatic heterocycles. The summed E-state index contributed by atoms with van der Waals surface area (Å²) in [6, 6.07) is 15.6. The molecule has 2 aliphatic carbocycles. The monoisotopic (exact) mass is 836 g/mol. The van der Waals surface area contributed by atoms with Crippen LogP contribution in [-0.4, -0.2) is 81.1 Å². The lowest BCUT2D eigenvalue weighted by Gasteiger charge is -2.33. The molecule has 324 valence electrons. The van der Waals surface area contributed by atoms with Crippen LogP contribution in [0.5, 0.6) is 11.8 Å². The van der Waals surface area contributed by atoms with E-state index in [-0.39, 0.29) is 66.8 Å². The minimum atomic E-state index is -0.572. The number of nitrogens with two attached hydrogens (primary N) is 1. The van der Waals surface area contributed by atoms with E-state index in [2.05, 4.69) is 57.2 Å². The number of hydrogen-bond acceptors (Lipinski definition) is 15. The van der Waals surface area contributed by atoms with E-state index in [1.54, 1.807) is 0 Å². The van der Waals surface area contributed by atoms with Crippen molar-refractivity contribution in [2.45, 2.75) is 116 Å². The van der Waals surface area contributed by atoms with Crippen LogP contribution in [0.3, 0.4) is 0 Å². The van der Waals surface area contributed by atoms with Crippen LogP contribution in [0.15, 0.2) is 48.5 Å². The van der Waals surface area contributed by atoms with E-state index in [0.29, 0.717) is 29.1 Å². The fourth-order valence-corrected chi connectivity index (χ4v) is 7.65. The molecule has 0 radical (unpaired) electrons. The smallest absolute Gasteiger partial charge is 0.407 e. The number of nitrogens with zero attached hydrogens (tertiary/aromatic N) is 4. The van der Waals surface area contributed by atoms with Crippen LogP contribution >= 0.6 is 0 Å². The van der Waals surface area contributed by atoms with Crippen molar-refractivity contribution in [2.75, 3.05) is 34.7 Å². The first kappa shape index (κ1) is 42.7. The van der Waals surface area contributed by atoms with Crippen LogP contribution in [0.2, 0.25) is 0 Å². The Bertz CT molecular complexity index is 2230. The zero-order valence-electron chi connectivity index (χ0n) is 35.3. The third-order valence-electron chi connectivity index (χ3n) is 10.6. The molecule has 2 saturated carbocycles. The summed E-state index contributed by atoms with van der Waals surface area (Å²) in [6.07, 6.45) is 7.46. The molecule has 0 saturated heterocycles. The predicted molar refractivity (Wildman–Crippen MR) is 232 cm³/mol. The number of benzene rings is 2. The lowest BCUT2D eigenvalue weighted by atomic mass is 9.90. The first-order valence-electron chi connectivity index (χ1n) is 20.9. The molecule has 2 aromatic heterocycles. The van der Waals surface area contributed by atoms with Crippen LogP contribution in [0, 0.1) is 13.8 Å². The number of aromatic nitrogens is 4. The number of ether oxygens (including phenoxy) is 3.